The van der Waals surface area contributed by atoms with Gasteiger partial charge in [-0.3, -0.25) is 9.69 Å². The van der Waals surface area contributed by atoms with Gasteiger partial charge in [0.1, 0.15) is 5.82 Å². The van der Waals surface area contributed by atoms with Crippen LogP contribution in [0.25, 0.3) is 11.0 Å². The predicted molar refractivity (Wildman–Crippen MR) is 189 cm³/mol. The summed E-state index contributed by atoms with van der Waals surface area (Å²) >= 11 is 0. The van der Waals surface area contributed by atoms with Gasteiger partial charge in [0.2, 0.25) is 0 Å². The number of hydrogen-bond donors (Lipinski definition) is 2. The van der Waals surface area contributed by atoms with E-state index in [1.165, 1.54) is 0 Å². The molecule has 3 saturated heterocycles. The van der Waals surface area contributed by atoms with Gasteiger partial charge in [-0.15, -0.1) is 0 Å². The number of rotatable bonds is 6. The first kappa shape index (κ1) is 33.3. The quantitative estimate of drug-likeness (QED) is 0.407. The summed E-state index contributed by atoms with van der Waals surface area (Å²) in [6.45, 7) is 11.1. The molecular weight excluding hydrogens is 620 g/mol. The SMILES string of the molecule is Cc1nc2c(C)cc(C[C@@H](OC(=O)N3CCC(N4CCc5ccccc5NC4=O)CC3)C(=O)N3CCC(N4CCN(C)CC4)CC3)cc2[nH]1. The van der Waals surface area contributed by atoms with Gasteiger partial charge in [0, 0.05) is 83.1 Å². The Kier molecular flexibility index (Phi) is 9.77. The van der Waals surface area contributed by atoms with Crippen molar-refractivity contribution in [3.05, 3.63) is 58.9 Å². The van der Waals surface area contributed by atoms with Crippen LogP contribution in [0.15, 0.2) is 36.4 Å². The third-order valence-electron chi connectivity index (χ3n) is 11.0. The molecule has 262 valence electrons. The van der Waals surface area contributed by atoms with Crippen molar-refractivity contribution >= 4 is 34.8 Å². The lowest BCUT2D eigenvalue weighted by atomic mass is 9.99. The van der Waals surface area contributed by atoms with E-state index in [0.29, 0.717) is 58.0 Å². The fraction of sp³-hybridized carbons (Fsp3) is 0.568. The summed E-state index contributed by atoms with van der Waals surface area (Å²) in [6, 6.07) is 12.4. The lowest BCUT2D eigenvalue weighted by molar-refractivity contribution is -0.142. The number of likely N-dealkylation sites (N-methyl/N-ethyl adjacent to an activating group) is 1. The minimum atomic E-state index is -0.929. The van der Waals surface area contributed by atoms with Gasteiger partial charge >= 0.3 is 12.1 Å². The number of imidazole rings is 1. The Morgan fingerprint density at radius 2 is 1.59 bits per heavy atom. The van der Waals surface area contributed by atoms with Crippen molar-refractivity contribution in [2.75, 3.05) is 71.3 Å². The second-order valence-corrected chi connectivity index (χ2v) is 14.4. The summed E-state index contributed by atoms with van der Waals surface area (Å²) in [5.41, 5.74) is 5.78. The molecule has 0 spiro atoms. The van der Waals surface area contributed by atoms with Crippen LogP contribution in [0.1, 0.15) is 48.2 Å². The average Bonchev–Trinajstić information content (AvgIpc) is 3.40. The van der Waals surface area contributed by atoms with Crippen LogP contribution in [-0.2, 0) is 22.4 Å². The molecule has 0 saturated carbocycles. The number of amides is 4. The topological polar surface area (TPSA) is 117 Å². The Morgan fingerprint density at radius 3 is 2.35 bits per heavy atom. The van der Waals surface area contributed by atoms with Gasteiger partial charge in [0.15, 0.2) is 6.10 Å². The largest absolute Gasteiger partial charge is 0.436 e. The van der Waals surface area contributed by atoms with Crippen molar-refractivity contribution < 1.29 is 19.1 Å². The second kappa shape index (κ2) is 14.4. The fourth-order valence-electron chi connectivity index (χ4n) is 8.14. The fourth-order valence-corrected chi connectivity index (χ4v) is 8.14. The van der Waals surface area contributed by atoms with Crippen LogP contribution in [0.2, 0.25) is 0 Å². The Labute approximate surface area is 288 Å². The van der Waals surface area contributed by atoms with Gasteiger partial charge in [0.25, 0.3) is 5.91 Å². The Bertz CT molecular complexity index is 1670. The second-order valence-electron chi connectivity index (χ2n) is 14.4. The molecule has 4 aliphatic rings. The molecule has 12 heteroatoms. The number of piperidine rings is 2. The monoisotopic (exact) mass is 670 g/mol. The maximum atomic E-state index is 14.2. The zero-order chi connectivity index (χ0) is 34.1. The molecule has 2 N–H and O–H groups in total. The molecule has 12 nitrogen and oxygen atoms in total. The first-order chi connectivity index (χ1) is 23.7. The van der Waals surface area contributed by atoms with E-state index in [0.717, 1.165) is 84.7 Å². The third kappa shape index (κ3) is 7.40. The van der Waals surface area contributed by atoms with E-state index >= 15 is 0 Å². The maximum Gasteiger partial charge on any atom is 0.410 e. The first-order valence-corrected chi connectivity index (χ1v) is 18.0. The third-order valence-corrected chi connectivity index (χ3v) is 11.0. The normalized spacial score (nSPS) is 21.0. The van der Waals surface area contributed by atoms with Crippen LogP contribution < -0.4 is 5.32 Å². The summed E-state index contributed by atoms with van der Waals surface area (Å²) in [7, 11) is 2.17. The smallest absolute Gasteiger partial charge is 0.410 e. The summed E-state index contributed by atoms with van der Waals surface area (Å²) in [4.78, 5) is 59.4. The van der Waals surface area contributed by atoms with Gasteiger partial charge in [-0.05, 0) is 81.8 Å². The van der Waals surface area contributed by atoms with E-state index in [4.69, 9.17) is 4.74 Å². The molecule has 1 aromatic heterocycles. The van der Waals surface area contributed by atoms with E-state index < -0.39 is 12.2 Å². The number of aryl methyl sites for hydroxylation is 2. The summed E-state index contributed by atoms with van der Waals surface area (Å²) in [5.74, 6) is 0.711. The zero-order valence-corrected chi connectivity index (χ0v) is 29.1. The molecule has 0 bridgehead atoms. The highest BCUT2D eigenvalue weighted by atomic mass is 16.6. The number of aromatic amines is 1. The highest BCUT2D eigenvalue weighted by molar-refractivity contribution is 5.91. The first-order valence-electron chi connectivity index (χ1n) is 18.0. The lowest BCUT2D eigenvalue weighted by Crippen LogP contribution is -2.54. The average molecular weight is 671 g/mol. The van der Waals surface area contributed by atoms with Gasteiger partial charge in [-0.2, -0.15) is 0 Å². The number of H-pyrrole nitrogens is 1. The van der Waals surface area contributed by atoms with Crippen LogP contribution in [0.4, 0.5) is 15.3 Å². The van der Waals surface area contributed by atoms with Crippen molar-refractivity contribution in [3.8, 4) is 0 Å². The number of ether oxygens (including phenoxy) is 1. The van der Waals surface area contributed by atoms with E-state index in [1.54, 1.807) is 4.90 Å². The number of carbonyl (C=O) groups excluding carboxylic acids is 3. The molecule has 5 heterocycles. The Balaban J connectivity index is 1.01. The van der Waals surface area contributed by atoms with Crippen molar-refractivity contribution in [1.29, 1.82) is 0 Å². The molecule has 0 aliphatic carbocycles. The Hall–Kier alpha value is -4.16. The number of fused-ring (bicyclic) bond motifs is 2. The molecule has 3 aromatic rings. The van der Waals surface area contributed by atoms with Crippen LogP contribution in [-0.4, -0.2) is 137 Å². The number of hydrogen-bond acceptors (Lipinski definition) is 7. The number of anilines is 1. The van der Waals surface area contributed by atoms with Crippen molar-refractivity contribution in [2.45, 2.75) is 70.6 Å². The van der Waals surface area contributed by atoms with Gasteiger partial charge in [-0.1, -0.05) is 24.3 Å². The highest BCUT2D eigenvalue weighted by Crippen LogP contribution is 2.27. The number of urea groups is 1. The molecule has 0 radical (unpaired) electrons. The number of aromatic nitrogens is 2. The Morgan fingerprint density at radius 1 is 0.898 bits per heavy atom. The van der Waals surface area contributed by atoms with Crippen LogP contribution in [0.5, 0.6) is 0 Å². The molecule has 7 rings (SSSR count). The number of carbonyl (C=O) groups is 3. The summed E-state index contributed by atoms with van der Waals surface area (Å²) in [5, 5.41) is 3.06. The molecule has 4 amide bonds. The summed E-state index contributed by atoms with van der Waals surface area (Å²) < 4.78 is 6.15. The molecule has 3 fully saturated rings. The highest BCUT2D eigenvalue weighted by Gasteiger charge is 2.36. The van der Waals surface area contributed by atoms with Crippen LogP contribution in [0.3, 0.4) is 0 Å². The lowest BCUT2D eigenvalue weighted by Gasteiger charge is -2.42. The maximum absolute atomic E-state index is 14.2. The van der Waals surface area contributed by atoms with Gasteiger partial charge < -0.3 is 34.6 Å². The molecular formula is C37H50N8O4. The molecule has 0 unspecified atom stereocenters. The van der Waals surface area contributed by atoms with E-state index in [2.05, 4.69) is 38.2 Å². The standard InChI is InChI=1S/C37H50N8O4/c1-25-22-27(23-32-34(25)39-26(2)38-32)24-33(35(46)43-13-9-29(10-14-43)42-20-18-41(3)19-21-42)49-37(48)44-15-11-30(12-16-44)45-17-8-28-6-4-5-7-31(28)40-36(45)47/h4-7,22-23,29-30,33H,8-21,24H2,1-3H3,(H,38,39)(H,40,47)/t33-/m1/s1. The van der Waals surface area contributed by atoms with Gasteiger partial charge in [-0.25, -0.2) is 14.6 Å². The van der Waals surface area contributed by atoms with Crippen LogP contribution >= 0.6 is 0 Å². The van der Waals surface area contributed by atoms with E-state index in [9.17, 15) is 14.4 Å². The van der Waals surface area contributed by atoms with E-state index in [-0.39, 0.29) is 18.0 Å². The molecule has 2 aromatic carbocycles. The van der Waals surface area contributed by atoms with Gasteiger partial charge in [0.05, 0.1) is 11.0 Å². The predicted octanol–water partition coefficient (Wildman–Crippen LogP) is 4.02. The van der Waals surface area contributed by atoms with Crippen molar-refractivity contribution in [1.82, 2.24) is 34.5 Å². The number of nitrogens with zero attached hydrogens (tertiary/aromatic N) is 6. The number of benzene rings is 2. The minimum Gasteiger partial charge on any atom is -0.436 e. The number of likely N-dealkylation sites (tertiary alicyclic amines) is 2. The molecule has 4 aliphatic heterocycles. The van der Waals surface area contributed by atoms with Crippen molar-refractivity contribution in [2.24, 2.45) is 0 Å². The molecule has 1 atom stereocenters. The van der Waals surface area contributed by atoms with E-state index in [1.807, 2.05) is 54.0 Å². The zero-order valence-electron chi connectivity index (χ0n) is 29.1. The number of para-hydroxylation sites is 1. The summed E-state index contributed by atoms with van der Waals surface area (Å²) in [6.07, 6.45) is 2.86. The van der Waals surface area contributed by atoms with Crippen LogP contribution in [0, 0.1) is 13.8 Å². The number of piperazine rings is 1. The molecule has 49 heavy (non-hydrogen) atoms. The minimum absolute atomic E-state index is 0.0324. The van der Waals surface area contributed by atoms with Crippen molar-refractivity contribution in [3.63, 3.8) is 0 Å². The number of nitrogens with one attached hydrogen (secondary N) is 2.